The van der Waals surface area contributed by atoms with Gasteiger partial charge in [0.25, 0.3) is 0 Å². The van der Waals surface area contributed by atoms with E-state index in [9.17, 15) is 0 Å². The van der Waals surface area contributed by atoms with Crippen LogP contribution < -0.4 is 9.80 Å². The molecule has 22 heavy (non-hydrogen) atoms. The Kier molecular flexibility index (Phi) is 3.63. The molecule has 2 aromatic heterocycles. The number of aromatic nitrogens is 4. The highest BCUT2D eigenvalue weighted by Gasteiger charge is 2.41. The third-order valence-corrected chi connectivity index (χ3v) is 5.18. The molecule has 116 valence electrons. The molecule has 7 nitrogen and oxygen atoms in total. The zero-order chi connectivity index (χ0) is 14.9. The second kappa shape index (κ2) is 5.77. The summed E-state index contributed by atoms with van der Waals surface area (Å²) in [6.07, 6.45) is 5.32. The van der Waals surface area contributed by atoms with Crippen molar-refractivity contribution >= 4 is 22.5 Å². The van der Waals surface area contributed by atoms with E-state index >= 15 is 0 Å². The summed E-state index contributed by atoms with van der Waals surface area (Å²) in [6, 6.07) is 0. The highest BCUT2D eigenvalue weighted by molar-refractivity contribution is 7.09. The van der Waals surface area contributed by atoms with E-state index in [4.69, 9.17) is 4.74 Å². The molecule has 2 unspecified atom stereocenters. The van der Waals surface area contributed by atoms with Crippen LogP contribution in [0.3, 0.4) is 0 Å². The number of methoxy groups -OCH3 is 1. The molecule has 4 rings (SSSR count). The second-order valence-corrected chi connectivity index (χ2v) is 6.55. The summed E-state index contributed by atoms with van der Waals surface area (Å²) in [5, 5.41) is 1.02. The first-order valence-electron chi connectivity index (χ1n) is 7.41. The summed E-state index contributed by atoms with van der Waals surface area (Å²) in [4.78, 5) is 17.8. The monoisotopic (exact) mass is 318 g/mol. The molecule has 2 atom stereocenters. The van der Waals surface area contributed by atoms with Crippen molar-refractivity contribution in [2.75, 3.05) is 43.1 Å². The highest BCUT2D eigenvalue weighted by Crippen LogP contribution is 2.35. The Hall–Kier alpha value is -1.80. The predicted molar refractivity (Wildman–Crippen MR) is 84.1 cm³/mol. The largest absolute Gasteiger partial charge is 0.377 e. The molecule has 0 radical (unpaired) electrons. The summed E-state index contributed by atoms with van der Waals surface area (Å²) in [7, 11) is 1.67. The number of hydrogen-bond acceptors (Lipinski definition) is 8. The molecule has 0 spiro atoms. The van der Waals surface area contributed by atoms with E-state index in [0.717, 1.165) is 43.0 Å². The van der Waals surface area contributed by atoms with Crippen LogP contribution in [-0.2, 0) is 11.3 Å². The summed E-state index contributed by atoms with van der Waals surface area (Å²) < 4.78 is 9.43. The summed E-state index contributed by atoms with van der Waals surface area (Å²) >= 11 is 1.47. The number of nitrogens with zero attached hydrogens (tertiary/aromatic N) is 6. The van der Waals surface area contributed by atoms with Crippen LogP contribution in [0.25, 0.3) is 0 Å². The fourth-order valence-corrected chi connectivity index (χ4v) is 4.04. The van der Waals surface area contributed by atoms with Crippen molar-refractivity contribution in [1.29, 1.82) is 0 Å². The average Bonchev–Trinajstić information content (AvgIpc) is 3.21. The number of ether oxygens (including phenoxy) is 1. The van der Waals surface area contributed by atoms with E-state index in [1.807, 2.05) is 6.20 Å². The van der Waals surface area contributed by atoms with E-state index in [2.05, 4.69) is 29.1 Å². The van der Waals surface area contributed by atoms with Crippen molar-refractivity contribution in [3.05, 3.63) is 24.4 Å². The van der Waals surface area contributed by atoms with Gasteiger partial charge in [0.05, 0.1) is 6.20 Å². The van der Waals surface area contributed by atoms with Gasteiger partial charge in [0.2, 0.25) is 5.13 Å². The van der Waals surface area contributed by atoms with Crippen LogP contribution in [0.5, 0.6) is 0 Å². The van der Waals surface area contributed by atoms with Crippen LogP contribution in [-0.4, -0.2) is 52.6 Å². The average molecular weight is 318 g/mol. The zero-order valence-corrected chi connectivity index (χ0v) is 13.2. The van der Waals surface area contributed by atoms with E-state index in [-0.39, 0.29) is 0 Å². The standard InChI is InChI=1S/C14H18N6OS/c1-21-9-12-17-14(22-18-12)20-7-10-5-19(6-11(10)8-20)13-4-15-2-3-16-13/h2-4,10-11H,5-9H2,1H3. The Morgan fingerprint density at radius 3 is 2.64 bits per heavy atom. The Morgan fingerprint density at radius 2 is 1.95 bits per heavy atom. The Labute approximate surface area is 133 Å². The lowest BCUT2D eigenvalue weighted by atomic mass is 10.0. The molecule has 0 bridgehead atoms. The number of fused-ring (bicyclic) bond motifs is 1. The lowest BCUT2D eigenvalue weighted by molar-refractivity contribution is 0.179. The van der Waals surface area contributed by atoms with Crippen molar-refractivity contribution in [3.63, 3.8) is 0 Å². The lowest BCUT2D eigenvalue weighted by Crippen LogP contribution is -2.29. The van der Waals surface area contributed by atoms with Crippen LogP contribution in [0.1, 0.15) is 5.82 Å². The van der Waals surface area contributed by atoms with Gasteiger partial charge in [0, 0.05) is 69.1 Å². The van der Waals surface area contributed by atoms with Crippen LogP contribution in [0.15, 0.2) is 18.6 Å². The molecule has 2 aromatic rings. The van der Waals surface area contributed by atoms with E-state index in [1.54, 1.807) is 19.5 Å². The second-order valence-electron chi connectivity index (χ2n) is 5.82. The first-order valence-corrected chi connectivity index (χ1v) is 8.18. The maximum atomic E-state index is 5.09. The predicted octanol–water partition coefficient (Wildman–Crippen LogP) is 1.05. The fourth-order valence-electron chi connectivity index (χ4n) is 3.35. The molecule has 0 aliphatic carbocycles. The quantitative estimate of drug-likeness (QED) is 0.834. The van der Waals surface area contributed by atoms with Gasteiger partial charge in [-0.25, -0.2) is 9.97 Å². The Bertz CT molecular complexity index is 621. The molecule has 2 saturated heterocycles. The molecule has 2 aliphatic rings. The molecule has 2 aliphatic heterocycles. The molecule has 0 saturated carbocycles. The maximum Gasteiger partial charge on any atom is 0.205 e. The van der Waals surface area contributed by atoms with E-state index in [1.165, 1.54) is 11.5 Å². The molecular formula is C14H18N6OS. The molecule has 0 N–H and O–H groups in total. The third kappa shape index (κ3) is 2.52. The SMILES string of the molecule is COCc1nsc(N2CC3CN(c4cnccn4)CC3C2)n1. The summed E-state index contributed by atoms with van der Waals surface area (Å²) in [5.74, 6) is 3.09. The molecule has 0 amide bonds. The topological polar surface area (TPSA) is 67.3 Å². The lowest BCUT2D eigenvalue weighted by Gasteiger charge is -2.21. The van der Waals surface area contributed by atoms with Crippen molar-refractivity contribution < 1.29 is 4.74 Å². The Balaban J connectivity index is 1.41. The molecule has 2 fully saturated rings. The normalized spacial score (nSPS) is 24.0. The fraction of sp³-hybridized carbons (Fsp3) is 0.571. The van der Waals surface area contributed by atoms with Crippen molar-refractivity contribution in [2.45, 2.75) is 6.61 Å². The third-order valence-electron chi connectivity index (χ3n) is 4.36. The van der Waals surface area contributed by atoms with Gasteiger partial charge in [-0.15, -0.1) is 0 Å². The van der Waals surface area contributed by atoms with Gasteiger partial charge >= 0.3 is 0 Å². The molecule has 0 aromatic carbocycles. The van der Waals surface area contributed by atoms with Gasteiger partial charge in [-0.3, -0.25) is 4.98 Å². The number of rotatable bonds is 4. The maximum absolute atomic E-state index is 5.09. The Morgan fingerprint density at radius 1 is 1.18 bits per heavy atom. The number of hydrogen-bond donors (Lipinski definition) is 0. The minimum absolute atomic E-state index is 0.484. The van der Waals surface area contributed by atoms with Crippen molar-refractivity contribution in [2.24, 2.45) is 11.8 Å². The van der Waals surface area contributed by atoms with Crippen molar-refractivity contribution in [1.82, 2.24) is 19.3 Å². The van der Waals surface area contributed by atoms with Gasteiger partial charge in [0.1, 0.15) is 12.4 Å². The van der Waals surface area contributed by atoms with Crippen LogP contribution in [0, 0.1) is 11.8 Å². The van der Waals surface area contributed by atoms with Crippen LogP contribution >= 0.6 is 11.5 Å². The summed E-state index contributed by atoms with van der Waals surface area (Å²) in [5.41, 5.74) is 0. The first kappa shape index (κ1) is 13.8. The first-order chi connectivity index (χ1) is 10.8. The minimum atomic E-state index is 0.484. The van der Waals surface area contributed by atoms with Gasteiger partial charge in [0.15, 0.2) is 5.82 Å². The smallest absolute Gasteiger partial charge is 0.205 e. The van der Waals surface area contributed by atoms with E-state index < -0.39 is 0 Å². The van der Waals surface area contributed by atoms with Crippen LogP contribution in [0.2, 0.25) is 0 Å². The number of anilines is 2. The highest BCUT2D eigenvalue weighted by atomic mass is 32.1. The minimum Gasteiger partial charge on any atom is -0.377 e. The van der Waals surface area contributed by atoms with Gasteiger partial charge in [-0.1, -0.05) is 0 Å². The molecule has 8 heteroatoms. The van der Waals surface area contributed by atoms with Gasteiger partial charge in [-0.2, -0.15) is 4.37 Å². The summed E-state index contributed by atoms with van der Waals surface area (Å²) in [6.45, 7) is 4.66. The van der Waals surface area contributed by atoms with Gasteiger partial charge in [-0.05, 0) is 0 Å². The van der Waals surface area contributed by atoms with Crippen LogP contribution in [0.4, 0.5) is 10.9 Å². The zero-order valence-electron chi connectivity index (χ0n) is 12.4. The van der Waals surface area contributed by atoms with Crippen molar-refractivity contribution in [3.8, 4) is 0 Å². The molecular weight excluding hydrogens is 300 g/mol. The molecule has 4 heterocycles. The van der Waals surface area contributed by atoms with E-state index in [0.29, 0.717) is 18.4 Å². The van der Waals surface area contributed by atoms with Gasteiger partial charge < -0.3 is 14.5 Å².